The quantitative estimate of drug-likeness (QED) is 0.511. The predicted octanol–water partition coefficient (Wildman–Crippen LogP) is 2.17. The van der Waals surface area contributed by atoms with E-state index in [4.69, 9.17) is 4.52 Å². The van der Waals surface area contributed by atoms with E-state index in [0.717, 1.165) is 5.56 Å². The molecule has 3 aromatic rings. The molecule has 0 unspecified atom stereocenters. The number of nitrogens with zero attached hydrogens (tertiary/aromatic N) is 3. The minimum absolute atomic E-state index is 0.115. The Morgan fingerprint density at radius 3 is 2.50 bits per heavy atom. The van der Waals surface area contributed by atoms with E-state index in [9.17, 15) is 14.4 Å². The van der Waals surface area contributed by atoms with Crippen LogP contribution >= 0.6 is 11.3 Å². The van der Waals surface area contributed by atoms with Gasteiger partial charge in [-0.2, -0.15) is 0 Å². The van der Waals surface area contributed by atoms with Crippen LogP contribution in [0, 0.1) is 6.92 Å². The first-order chi connectivity index (χ1) is 16.5. The van der Waals surface area contributed by atoms with Crippen LogP contribution in [-0.4, -0.2) is 71.4 Å². The predicted molar refractivity (Wildman–Crippen MR) is 129 cm³/mol. The first-order valence-electron chi connectivity index (χ1n) is 11.1. The summed E-state index contributed by atoms with van der Waals surface area (Å²) in [6, 6.07) is 14.2. The smallest absolute Gasteiger partial charge is 0.262 e. The number of thiophene rings is 1. The number of carbonyl (C=O) groups excluding carboxylic acids is 3. The van der Waals surface area contributed by atoms with Gasteiger partial charge >= 0.3 is 0 Å². The van der Waals surface area contributed by atoms with E-state index in [-0.39, 0.29) is 24.3 Å². The van der Waals surface area contributed by atoms with Gasteiger partial charge < -0.3 is 20.1 Å². The van der Waals surface area contributed by atoms with Crippen molar-refractivity contribution in [3.8, 4) is 0 Å². The third-order valence-corrected chi connectivity index (χ3v) is 6.45. The highest BCUT2D eigenvalue weighted by Crippen LogP contribution is 2.13. The van der Waals surface area contributed by atoms with E-state index >= 15 is 0 Å². The largest absolute Gasteiger partial charge is 0.360 e. The lowest BCUT2D eigenvalue weighted by molar-refractivity contribution is -0.135. The van der Waals surface area contributed by atoms with E-state index in [1.54, 1.807) is 24.0 Å². The lowest BCUT2D eigenvalue weighted by Gasteiger charge is -2.36. The zero-order valence-electron chi connectivity index (χ0n) is 18.9. The molecule has 0 aliphatic carbocycles. The fourth-order valence-corrected chi connectivity index (χ4v) is 4.47. The van der Waals surface area contributed by atoms with Crippen molar-refractivity contribution in [2.24, 2.45) is 0 Å². The standard InChI is InChI=1S/C24H27N5O4S/c1-17-14-21(27-33-17)26-22(30)16-28-9-11-29(12-10-28)24(32)19(15-18-6-3-2-4-7-18)25-23(31)20-8-5-13-34-20/h2-8,13-14,19H,9-12,15-16H2,1H3,(H,25,31)(H,26,27,30)/t19-/m0/s1. The summed E-state index contributed by atoms with van der Waals surface area (Å²) < 4.78 is 4.96. The molecule has 0 saturated carbocycles. The number of nitrogens with one attached hydrogen (secondary N) is 2. The molecule has 10 heteroatoms. The summed E-state index contributed by atoms with van der Waals surface area (Å²) in [7, 11) is 0. The van der Waals surface area contributed by atoms with Crippen LogP contribution in [0.15, 0.2) is 58.4 Å². The van der Waals surface area contributed by atoms with Gasteiger partial charge in [0.25, 0.3) is 5.91 Å². The Kier molecular flexibility index (Phi) is 7.71. The van der Waals surface area contributed by atoms with Crippen LogP contribution in [0.1, 0.15) is 21.0 Å². The van der Waals surface area contributed by atoms with Crippen molar-refractivity contribution in [3.63, 3.8) is 0 Å². The average molecular weight is 482 g/mol. The van der Waals surface area contributed by atoms with E-state index in [0.29, 0.717) is 49.1 Å². The van der Waals surface area contributed by atoms with Crippen molar-refractivity contribution in [1.29, 1.82) is 0 Å². The monoisotopic (exact) mass is 481 g/mol. The number of anilines is 1. The minimum atomic E-state index is -0.665. The van der Waals surface area contributed by atoms with Crippen molar-refractivity contribution < 1.29 is 18.9 Å². The molecule has 0 bridgehead atoms. The normalized spacial score (nSPS) is 15.0. The number of hydrogen-bond acceptors (Lipinski definition) is 7. The lowest BCUT2D eigenvalue weighted by atomic mass is 10.0. The molecule has 0 spiro atoms. The zero-order chi connectivity index (χ0) is 23.9. The van der Waals surface area contributed by atoms with Gasteiger partial charge in [0, 0.05) is 38.7 Å². The highest BCUT2D eigenvalue weighted by atomic mass is 32.1. The number of aromatic nitrogens is 1. The summed E-state index contributed by atoms with van der Waals surface area (Å²) in [5.74, 6) is 0.469. The van der Waals surface area contributed by atoms with Crippen molar-refractivity contribution in [2.45, 2.75) is 19.4 Å². The second-order valence-corrected chi connectivity index (χ2v) is 9.11. The molecule has 1 aliphatic rings. The summed E-state index contributed by atoms with van der Waals surface area (Å²) in [6.45, 7) is 4.05. The molecule has 3 heterocycles. The van der Waals surface area contributed by atoms with Gasteiger partial charge in [-0.25, -0.2) is 0 Å². The Balaban J connectivity index is 1.34. The Bertz CT molecular complexity index is 1110. The SMILES string of the molecule is Cc1cc(NC(=O)CN2CCN(C(=O)[C@H](Cc3ccccc3)NC(=O)c3cccs3)CC2)no1. The fourth-order valence-electron chi connectivity index (χ4n) is 3.84. The van der Waals surface area contributed by atoms with E-state index in [1.165, 1.54) is 11.3 Å². The molecule has 4 rings (SSSR count). The van der Waals surface area contributed by atoms with Gasteiger partial charge in [-0.05, 0) is 23.9 Å². The average Bonchev–Trinajstić information content (AvgIpc) is 3.51. The molecular weight excluding hydrogens is 454 g/mol. The second-order valence-electron chi connectivity index (χ2n) is 8.17. The number of amides is 3. The van der Waals surface area contributed by atoms with E-state index in [2.05, 4.69) is 15.8 Å². The summed E-state index contributed by atoms with van der Waals surface area (Å²) in [6.07, 6.45) is 0.413. The summed E-state index contributed by atoms with van der Waals surface area (Å²) >= 11 is 1.34. The summed E-state index contributed by atoms with van der Waals surface area (Å²) in [5, 5.41) is 11.2. The maximum absolute atomic E-state index is 13.4. The van der Waals surface area contributed by atoms with Crippen LogP contribution in [-0.2, 0) is 16.0 Å². The van der Waals surface area contributed by atoms with Crippen LogP contribution in [0.25, 0.3) is 0 Å². The Hall–Kier alpha value is -3.50. The van der Waals surface area contributed by atoms with E-state index < -0.39 is 6.04 Å². The van der Waals surface area contributed by atoms with Crippen LogP contribution in [0.2, 0.25) is 0 Å². The van der Waals surface area contributed by atoms with Gasteiger partial charge in [-0.3, -0.25) is 19.3 Å². The molecule has 3 amide bonds. The molecule has 34 heavy (non-hydrogen) atoms. The van der Waals surface area contributed by atoms with Crippen molar-refractivity contribution >= 4 is 34.9 Å². The molecule has 2 N–H and O–H groups in total. The Morgan fingerprint density at radius 2 is 1.85 bits per heavy atom. The molecule has 9 nitrogen and oxygen atoms in total. The third kappa shape index (κ3) is 6.30. The van der Waals surface area contributed by atoms with Gasteiger partial charge in [-0.15, -0.1) is 11.3 Å². The van der Waals surface area contributed by atoms with Crippen LogP contribution in [0.3, 0.4) is 0 Å². The number of benzene rings is 1. The minimum Gasteiger partial charge on any atom is -0.360 e. The van der Waals surface area contributed by atoms with E-state index in [1.807, 2.05) is 46.7 Å². The van der Waals surface area contributed by atoms with Crippen LogP contribution in [0.5, 0.6) is 0 Å². The molecule has 178 valence electrons. The number of hydrogen-bond donors (Lipinski definition) is 2. The lowest BCUT2D eigenvalue weighted by Crippen LogP contribution is -2.56. The fraction of sp³-hybridized carbons (Fsp3) is 0.333. The summed E-state index contributed by atoms with van der Waals surface area (Å²) in [5.41, 5.74) is 0.978. The van der Waals surface area contributed by atoms with Crippen molar-refractivity contribution in [2.75, 3.05) is 38.0 Å². The molecule has 1 fully saturated rings. The number of aryl methyl sites for hydroxylation is 1. The van der Waals surface area contributed by atoms with Gasteiger partial charge in [0.05, 0.1) is 11.4 Å². The van der Waals surface area contributed by atoms with Gasteiger partial charge in [0.1, 0.15) is 11.8 Å². The molecule has 0 radical (unpaired) electrons. The summed E-state index contributed by atoms with van der Waals surface area (Å²) in [4.78, 5) is 42.7. The Morgan fingerprint density at radius 1 is 1.09 bits per heavy atom. The maximum atomic E-state index is 13.4. The molecule has 1 atom stereocenters. The van der Waals surface area contributed by atoms with Crippen molar-refractivity contribution in [1.82, 2.24) is 20.3 Å². The maximum Gasteiger partial charge on any atom is 0.262 e. The first-order valence-corrected chi connectivity index (χ1v) is 12.0. The van der Waals surface area contributed by atoms with Crippen molar-refractivity contribution in [3.05, 3.63) is 70.1 Å². The highest BCUT2D eigenvalue weighted by molar-refractivity contribution is 7.12. The van der Waals surface area contributed by atoms with Gasteiger partial charge in [0.2, 0.25) is 11.8 Å². The molecule has 2 aromatic heterocycles. The number of carbonyl (C=O) groups is 3. The molecular formula is C24H27N5O4S. The van der Waals surface area contributed by atoms with Gasteiger partial charge in [0.15, 0.2) is 5.82 Å². The Labute approximate surface area is 201 Å². The highest BCUT2D eigenvalue weighted by Gasteiger charge is 2.30. The number of piperazine rings is 1. The molecule has 1 aromatic carbocycles. The molecule has 1 saturated heterocycles. The van der Waals surface area contributed by atoms with Crippen LogP contribution in [0.4, 0.5) is 5.82 Å². The first kappa shape index (κ1) is 23.7. The topological polar surface area (TPSA) is 108 Å². The van der Waals surface area contributed by atoms with Gasteiger partial charge in [-0.1, -0.05) is 41.6 Å². The number of rotatable bonds is 8. The zero-order valence-corrected chi connectivity index (χ0v) is 19.7. The van der Waals surface area contributed by atoms with Crippen LogP contribution < -0.4 is 10.6 Å². The second kappa shape index (κ2) is 11.1. The third-order valence-electron chi connectivity index (χ3n) is 5.58. The molecule has 1 aliphatic heterocycles.